The first kappa shape index (κ1) is 23.3. The number of morpholine rings is 1. The molecular formula is C24H35N5O2S. The van der Waals surface area contributed by atoms with Crippen LogP contribution in [0.1, 0.15) is 54.0 Å². The van der Waals surface area contributed by atoms with Crippen LogP contribution in [0, 0.1) is 5.92 Å². The van der Waals surface area contributed by atoms with Crippen LogP contribution in [-0.4, -0.2) is 70.8 Å². The van der Waals surface area contributed by atoms with Crippen molar-refractivity contribution < 1.29 is 9.53 Å². The summed E-state index contributed by atoms with van der Waals surface area (Å²) < 4.78 is 5.86. The largest absolute Gasteiger partial charge is 0.373 e. The zero-order valence-corrected chi connectivity index (χ0v) is 20.2. The van der Waals surface area contributed by atoms with Crippen LogP contribution in [0.15, 0.2) is 24.3 Å². The second-order valence-electron chi connectivity index (χ2n) is 9.20. The highest BCUT2D eigenvalue weighted by molar-refractivity contribution is 7.13. The van der Waals surface area contributed by atoms with Crippen LogP contribution in [0.2, 0.25) is 0 Å². The number of amides is 1. The van der Waals surface area contributed by atoms with Gasteiger partial charge >= 0.3 is 0 Å². The highest BCUT2D eigenvalue weighted by atomic mass is 32.1. The number of likely N-dealkylation sites (tertiary alicyclic amines) is 1. The van der Waals surface area contributed by atoms with Gasteiger partial charge in [0.25, 0.3) is 5.91 Å². The third-order valence-corrected chi connectivity index (χ3v) is 7.27. The summed E-state index contributed by atoms with van der Waals surface area (Å²) in [6.45, 7) is 12.6. The van der Waals surface area contributed by atoms with Gasteiger partial charge in [-0.05, 0) is 69.8 Å². The van der Waals surface area contributed by atoms with Crippen LogP contribution in [0.5, 0.6) is 0 Å². The zero-order chi connectivity index (χ0) is 22.5. The normalized spacial score (nSPS) is 23.3. The van der Waals surface area contributed by atoms with Crippen molar-refractivity contribution in [1.82, 2.24) is 20.0 Å². The first-order chi connectivity index (χ1) is 15.5. The van der Waals surface area contributed by atoms with Crippen molar-refractivity contribution in [2.45, 2.75) is 58.8 Å². The molecule has 2 aliphatic rings. The summed E-state index contributed by atoms with van der Waals surface area (Å²) in [7, 11) is 0. The number of aromatic nitrogens is 2. The van der Waals surface area contributed by atoms with E-state index in [-0.39, 0.29) is 5.91 Å². The van der Waals surface area contributed by atoms with Crippen LogP contribution in [0.4, 0.5) is 5.69 Å². The third kappa shape index (κ3) is 6.34. The van der Waals surface area contributed by atoms with E-state index in [9.17, 15) is 4.79 Å². The van der Waals surface area contributed by atoms with E-state index in [2.05, 4.69) is 46.1 Å². The lowest BCUT2D eigenvalue weighted by molar-refractivity contribution is -0.0732. The average molecular weight is 458 g/mol. The second kappa shape index (κ2) is 10.8. The minimum absolute atomic E-state index is 0.189. The Morgan fingerprint density at radius 2 is 1.78 bits per heavy atom. The summed E-state index contributed by atoms with van der Waals surface area (Å²) in [5.74, 6) is 0.560. The highest BCUT2D eigenvalue weighted by Crippen LogP contribution is 2.23. The molecule has 2 unspecified atom stereocenters. The summed E-state index contributed by atoms with van der Waals surface area (Å²) in [6.07, 6.45) is 4.06. The van der Waals surface area contributed by atoms with Crippen LogP contribution in [0.25, 0.3) is 0 Å². The Morgan fingerprint density at radius 3 is 2.44 bits per heavy atom. The van der Waals surface area contributed by atoms with Gasteiger partial charge in [-0.15, -0.1) is 10.2 Å². The van der Waals surface area contributed by atoms with Crippen molar-refractivity contribution >= 4 is 22.9 Å². The molecule has 2 fully saturated rings. The Bertz CT molecular complexity index is 869. The van der Waals surface area contributed by atoms with Crippen LogP contribution < -0.4 is 5.32 Å². The molecule has 0 saturated carbocycles. The van der Waals surface area contributed by atoms with Gasteiger partial charge in [0.15, 0.2) is 0 Å². The number of ether oxygens (including phenoxy) is 1. The van der Waals surface area contributed by atoms with E-state index in [0.717, 1.165) is 55.8 Å². The quantitative estimate of drug-likeness (QED) is 0.684. The molecule has 2 aromatic rings. The molecule has 0 aliphatic carbocycles. The maximum Gasteiger partial charge on any atom is 0.286 e. The van der Waals surface area contributed by atoms with Gasteiger partial charge in [0, 0.05) is 25.3 Å². The van der Waals surface area contributed by atoms with Gasteiger partial charge in [-0.2, -0.15) is 0 Å². The standard InChI is InChI=1S/C24H35N5O2S/c1-4-19-5-7-21(8-6-19)25-23(30)24-27-26-22(32-24)16-28-11-9-20(10-12-28)15-29-13-17(2)31-18(3)14-29/h5-8,17-18,20H,4,9-16H2,1-3H3,(H,25,30). The molecule has 1 aromatic carbocycles. The number of nitrogens with one attached hydrogen (secondary N) is 1. The lowest BCUT2D eigenvalue weighted by atomic mass is 9.95. The Morgan fingerprint density at radius 1 is 1.09 bits per heavy atom. The van der Waals surface area contributed by atoms with E-state index in [1.165, 1.54) is 36.3 Å². The Balaban J connectivity index is 1.22. The van der Waals surface area contributed by atoms with E-state index >= 15 is 0 Å². The molecule has 0 spiro atoms. The van der Waals surface area contributed by atoms with Crippen molar-refractivity contribution in [2.24, 2.45) is 5.92 Å². The molecule has 2 atom stereocenters. The van der Waals surface area contributed by atoms with Crippen LogP contribution in [-0.2, 0) is 17.7 Å². The number of aryl methyl sites for hydroxylation is 1. The molecule has 32 heavy (non-hydrogen) atoms. The number of hydrogen-bond donors (Lipinski definition) is 1. The predicted octanol–water partition coefficient (Wildman–Crippen LogP) is 3.67. The Labute approximate surface area is 195 Å². The zero-order valence-electron chi connectivity index (χ0n) is 19.4. The molecule has 174 valence electrons. The van der Waals surface area contributed by atoms with Crippen molar-refractivity contribution in [3.63, 3.8) is 0 Å². The highest BCUT2D eigenvalue weighted by Gasteiger charge is 2.27. The number of rotatable bonds is 7. The summed E-state index contributed by atoms with van der Waals surface area (Å²) in [6, 6.07) is 7.93. The van der Waals surface area contributed by atoms with Gasteiger partial charge in [0.2, 0.25) is 5.01 Å². The molecule has 1 aromatic heterocycles. The van der Waals surface area contributed by atoms with Gasteiger partial charge in [-0.1, -0.05) is 30.4 Å². The van der Waals surface area contributed by atoms with Crippen molar-refractivity contribution in [3.8, 4) is 0 Å². The van der Waals surface area contributed by atoms with E-state index in [0.29, 0.717) is 17.2 Å². The number of carbonyl (C=O) groups excluding carboxylic acids is 1. The number of piperidine rings is 1. The number of benzene rings is 1. The topological polar surface area (TPSA) is 70.6 Å². The lowest BCUT2D eigenvalue weighted by Crippen LogP contribution is -2.48. The number of hydrogen-bond acceptors (Lipinski definition) is 7. The van der Waals surface area contributed by atoms with E-state index in [1.54, 1.807) is 0 Å². The molecule has 0 bridgehead atoms. The van der Waals surface area contributed by atoms with Gasteiger partial charge in [0.05, 0.1) is 18.8 Å². The van der Waals surface area contributed by atoms with Gasteiger partial charge in [-0.25, -0.2) is 0 Å². The molecule has 2 aliphatic heterocycles. The first-order valence-electron chi connectivity index (χ1n) is 11.8. The van der Waals surface area contributed by atoms with E-state index in [4.69, 9.17) is 4.74 Å². The number of nitrogens with zero attached hydrogens (tertiary/aromatic N) is 4. The van der Waals surface area contributed by atoms with Crippen molar-refractivity contribution in [2.75, 3.05) is 38.0 Å². The fourth-order valence-corrected chi connectivity index (χ4v) is 5.51. The Hall–Kier alpha value is -1.87. The van der Waals surface area contributed by atoms with Crippen molar-refractivity contribution in [3.05, 3.63) is 39.8 Å². The monoisotopic (exact) mass is 457 g/mol. The lowest BCUT2D eigenvalue weighted by Gasteiger charge is -2.39. The molecule has 1 amide bonds. The second-order valence-corrected chi connectivity index (χ2v) is 10.3. The van der Waals surface area contributed by atoms with Crippen LogP contribution >= 0.6 is 11.3 Å². The average Bonchev–Trinajstić information content (AvgIpc) is 3.24. The molecule has 0 radical (unpaired) electrons. The maximum atomic E-state index is 12.5. The van der Waals surface area contributed by atoms with Crippen LogP contribution in [0.3, 0.4) is 0 Å². The predicted molar refractivity (Wildman–Crippen MR) is 128 cm³/mol. The van der Waals surface area contributed by atoms with Crippen molar-refractivity contribution in [1.29, 1.82) is 0 Å². The SMILES string of the molecule is CCc1ccc(NC(=O)c2nnc(CN3CCC(CN4CC(C)OC(C)C4)CC3)s2)cc1. The maximum absolute atomic E-state index is 12.5. The fraction of sp³-hybridized carbons (Fsp3) is 0.625. The van der Waals surface area contributed by atoms with E-state index in [1.807, 2.05) is 24.3 Å². The minimum Gasteiger partial charge on any atom is -0.373 e. The fourth-order valence-electron chi connectivity index (χ4n) is 4.73. The van der Waals surface area contributed by atoms with Gasteiger partial charge in [0.1, 0.15) is 5.01 Å². The smallest absolute Gasteiger partial charge is 0.286 e. The number of anilines is 1. The summed E-state index contributed by atoms with van der Waals surface area (Å²) in [5, 5.41) is 12.7. The van der Waals surface area contributed by atoms with Gasteiger partial charge in [-0.3, -0.25) is 14.6 Å². The molecule has 8 heteroatoms. The molecule has 7 nitrogen and oxygen atoms in total. The molecule has 2 saturated heterocycles. The number of carbonyl (C=O) groups is 1. The molecule has 1 N–H and O–H groups in total. The Kier molecular flexibility index (Phi) is 7.88. The van der Waals surface area contributed by atoms with Gasteiger partial charge < -0.3 is 10.1 Å². The summed E-state index contributed by atoms with van der Waals surface area (Å²) >= 11 is 1.39. The first-order valence-corrected chi connectivity index (χ1v) is 12.6. The molecule has 3 heterocycles. The summed E-state index contributed by atoms with van der Waals surface area (Å²) in [4.78, 5) is 17.5. The minimum atomic E-state index is -0.189. The molecule has 4 rings (SSSR count). The third-order valence-electron chi connectivity index (χ3n) is 6.36. The molecular weight excluding hydrogens is 422 g/mol. The van der Waals surface area contributed by atoms with E-state index < -0.39 is 0 Å². The summed E-state index contributed by atoms with van der Waals surface area (Å²) in [5.41, 5.74) is 2.04.